The number of anilines is 2. The van der Waals surface area contributed by atoms with Gasteiger partial charge in [0, 0.05) is 5.69 Å². The smallest absolute Gasteiger partial charge is 0.259 e. The summed E-state index contributed by atoms with van der Waals surface area (Å²) in [5.74, 6) is -0.269. The number of nitrogens with zero attached hydrogens (tertiary/aromatic N) is 2. The van der Waals surface area contributed by atoms with Gasteiger partial charge in [-0.25, -0.2) is 0 Å². The van der Waals surface area contributed by atoms with E-state index < -0.39 is 0 Å². The zero-order valence-electron chi connectivity index (χ0n) is 8.60. The van der Waals surface area contributed by atoms with Crippen LogP contribution < -0.4 is 11.1 Å². The number of benzene rings is 1. The topological polar surface area (TPSA) is 80.9 Å². The van der Waals surface area contributed by atoms with Crippen LogP contribution in [0, 0.1) is 6.92 Å². The molecule has 82 valence electrons. The third kappa shape index (κ3) is 2.17. The summed E-state index contributed by atoms with van der Waals surface area (Å²) < 4.78 is 0. The fourth-order valence-electron chi connectivity index (χ4n) is 1.22. The molecule has 0 atom stereocenters. The number of carbonyl (C=O) groups is 1. The number of aromatic nitrogens is 2. The first-order valence-electron chi connectivity index (χ1n) is 4.63. The SMILES string of the molecule is Cc1nnc(NC(=O)c2ccccc2N)s1. The average Bonchev–Trinajstić information content (AvgIpc) is 2.64. The van der Waals surface area contributed by atoms with Crippen molar-refractivity contribution in [2.75, 3.05) is 11.1 Å². The highest BCUT2D eigenvalue weighted by Crippen LogP contribution is 2.17. The standard InChI is InChI=1S/C10H10N4OS/c1-6-13-14-10(16-6)12-9(15)7-4-2-3-5-8(7)11/h2-5H,11H2,1H3,(H,12,14,15). The lowest BCUT2D eigenvalue weighted by atomic mass is 10.2. The third-order valence-electron chi connectivity index (χ3n) is 1.95. The summed E-state index contributed by atoms with van der Waals surface area (Å²) in [7, 11) is 0. The predicted molar refractivity (Wildman–Crippen MR) is 63.5 cm³/mol. The van der Waals surface area contributed by atoms with Crippen LogP contribution in [0.5, 0.6) is 0 Å². The second-order valence-electron chi connectivity index (χ2n) is 3.17. The van der Waals surface area contributed by atoms with E-state index in [1.807, 2.05) is 6.92 Å². The van der Waals surface area contributed by atoms with Gasteiger partial charge in [-0.3, -0.25) is 10.1 Å². The number of aryl methyl sites for hydroxylation is 1. The van der Waals surface area contributed by atoms with Crippen LogP contribution in [0.4, 0.5) is 10.8 Å². The first-order chi connectivity index (χ1) is 7.66. The van der Waals surface area contributed by atoms with Crippen LogP contribution in [0.25, 0.3) is 0 Å². The lowest BCUT2D eigenvalue weighted by Gasteiger charge is -2.03. The fraction of sp³-hybridized carbons (Fsp3) is 0.100. The maximum absolute atomic E-state index is 11.8. The Kier molecular flexibility index (Phi) is 2.82. The summed E-state index contributed by atoms with van der Waals surface area (Å²) in [6, 6.07) is 6.89. The van der Waals surface area contributed by atoms with Gasteiger partial charge in [0.2, 0.25) is 5.13 Å². The van der Waals surface area contributed by atoms with Crippen molar-refractivity contribution < 1.29 is 4.79 Å². The van der Waals surface area contributed by atoms with Gasteiger partial charge in [-0.2, -0.15) is 0 Å². The van der Waals surface area contributed by atoms with Crippen molar-refractivity contribution >= 4 is 28.1 Å². The molecule has 6 heteroatoms. The van der Waals surface area contributed by atoms with Crippen molar-refractivity contribution in [1.29, 1.82) is 0 Å². The second kappa shape index (κ2) is 4.28. The van der Waals surface area contributed by atoms with Crippen molar-refractivity contribution in [3.05, 3.63) is 34.8 Å². The molecule has 2 rings (SSSR count). The van der Waals surface area contributed by atoms with E-state index in [2.05, 4.69) is 15.5 Å². The minimum atomic E-state index is -0.269. The quantitative estimate of drug-likeness (QED) is 0.775. The van der Waals surface area contributed by atoms with E-state index in [-0.39, 0.29) is 5.91 Å². The molecule has 2 aromatic rings. The van der Waals surface area contributed by atoms with E-state index in [4.69, 9.17) is 5.73 Å². The van der Waals surface area contributed by atoms with Gasteiger partial charge in [0.25, 0.3) is 5.91 Å². The summed E-state index contributed by atoms with van der Waals surface area (Å²) in [5, 5.41) is 11.5. The number of para-hydroxylation sites is 1. The predicted octanol–water partition coefficient (Wildman–Crippen LogP) is 1.68. The minimum Gasteiger partial charge on any atom is -0.398 e. The number of nitrogen functional groups attached to an aromatic ring is 1. The van der Waals surface area contributed by atoms with E-state index in [0.717, 1.165) is 5.01 Å². The lowest BCUT2D eigenvalue weighted by molar-refractivity contribution is 0.102. The van der Waals surface area contributed by atoms with Crippen molar-refractivity contribution in [3.8, 4) is 0 Å². The number of nitrogens with two attached hydrogens (primary N) is 1. The van der Waals surface area contributed by atoms with E-state index in [1.165, 1.54) is 11.3 Å². The van der Waals surface area contributed by atoms with Gasteiger partial charge < -0.3 is 5.73 Å². The highest BCUT2D eigenvalue weighted by atomic mass is 32.1. The van der Waals surface area contributed by atoms with Crippen LogP contribution in [-0.4, -0.2) is 16.1 Å². The maximum Gasteiger partial charge on any atom is 0.259 e. The largest absolute Gasteiger partial charge is 0.398 e. The molecule has 5 nitrogen and oxygen atoms in total. The Balaban J connectivity index is 2.18. The maximum atomic E-state index is 11.8. The summed E-state index contributed by atoms with van der Waals surface area (Å²) in [4.78, 5) is 11.8. The van der Waals surface area contributed by atoms with Crippen LogP contribution in [-0.2, 0) is 0 Å². The average molecular weight is 234 g/mol. The number of amides is 1. The van der Waals surface area contributed by atoms with Crippen LogP contribution in [0.1, 0.15) is 15.4 Å². The molecule has 0 aliphatic carbocycles. The second-order valence-corrected chi connectivity index (χ2v) is 4.35. The normalized spacial score (nSPS) is 10.1. The van der Waals surface area contributed by atoms with Gasteiger partial charge in [0.1, 0.15) is 5.01 Å². The van der Waals surface area contributed by atoms with Crippen LogP contribution in [0.2, 0.25) is 0 Å². The van der Waals surface area contributed by atoms with Crippen molar-refractivity contribution in [2.24, 2.45) is 0 Å². The van der Waals surface area contributed by atoms with Gasteiger partial charge in [0.15, 0.2) is 0 Å². The first-order valence-corrected chi connectivity index (χ1v) is 5.44. The molecule has 0 spiro atoms. The lowest BCUT2D eigenvalue weighted by Crippen LogP contribution is -2.13. The summed E-state index contributed by atoms with van der Waals surface area (Å²) in [6.07, 6.45) is 0. The number of rotatable bonds is 2. The fourth-order valence-corrected chi connectivity index (χ4v) is 1.80. The molecule has 1 aromatic heterocycles. The molecule has 3 N–H and O–H groups in total. The van der Waals surface area contributed by atoms with Gasteiger partial charge in [-0.15, -0.1) is 10.2 Å². The van der Waals surface area contributed by atoms with Crippen molar-refractivity contribution in [2.45, 2.75) is 6.92 Å². The molecule has 1 heterocycles. The highest BCUT2D eigenvalue weighted by molar-refractivity contribution is 7.15. The van der Waals surface area contributed by atoms with E-state index >= 15 is 0 Å². The highest BCUT2D eigenvalue weighted by Gasteiger charge is 2.11. The Morgan fingerprint density at radius 2 is 2.12 bits per heavy atom. The van der Waals surface area contributed by atoms with Crippen molar-refractivity contribution in [1.82, 2.24) is 10.2 Å². The molecule has 0 fully saturated rings. The van der Waals surface area contributed by atoms with E-state index in [1.54, 1.807) is 24.3 Å². The summed E-state index contributed by atoms with van der Waals surface area (Å²) in [6.45, 7) is 1.82. The molecular formula is C10H10N4OS. The molecule has 0 saturated heterocycles. The Bertz CT molecular complexity index is 523. The zero-order valence-corrected chi connectivity index (χ0v) is 9.41. The van der Waals surface area contributed by atoms with Crippen LogP contribution in [0.15, 0.2) is 24.3 Å². The first kappa shape index (κ1) is 10.6. The Morgan fingerprint density at radius 3 is 2.75 bits per heavy atom. The Labute approximate surface area is 96.3 Å². The Morgan fingerprint density at radius 1 is 1.38 bits per heavy atom. The molecule has 1 amide bonds. The van der Waals surface area contributed by atoms with Crippen LogP contribution in [0.3, 0.4) is 0 Å². The molecule has 0 unspecified atom stereocenters. The molecular weight excluding hydrogens is 224 g/mol. The molecule has 16 heavy (non-hydrogen) atoms. The minimum absolute atomic E-state index is 0.269. The number of hydrogen-bond donors (Lipinski definition) is 2. The molecule has 0 aliphatic heterocycles. The van der Waals surface area contributed by atoms with E-state index in [0.29, 0.717) is 16.4 Å². The monoisotopic (exact) mass is 234 g/mol. The molecule has 0 aliphatic rings. The zero-order chi connectivity index (χ0) is 11.5. The summed E-state index contributed by atoms with van der Waals surface area (Å²) in [5.41, 5.74) is 6.57. The number of hydrogen-bond acceptors (Lipinski definition) is 5. The van der Waals surface area contributed by atoms with Gasteiger partial charge >= 0.3 is 0 Å². The molecule has 1 aromatic carbocycles. The van der Waals surface area contributed by atoms with Gasteiger partial charge in [0.05, 0.1) is 5.56 Å². The molecule has 0 saturated carbocycles. The van der Waals surface area contributed by atoms with Crippen LogP contribution >= 0.6 is 11.3 Å². The third-order valence-corrected chi connectivity index (χ3v) is 2.71. The number of carbonyl (C=O) groups excluding carboxylic acids is 1. The van der Waals surface area contributed by atoms with E-state index in [9.17, 15) is 4.79 Å². The Hall–Kier alpha value is -1.95. The number of nitrogens with one attached hydrogen (secondary N) is 1. The molecule has 0 radical (unpaired) electrons. The summed E-state index contributed by atoms with van der Waals surface area (Å²) >= 11 is 1.32. The molecule has 0 bridgehead atoms. The van der Waals surface area contributed by atoms with Gasteiger partial charge in [-0.05, 0) is 19.1 Å². The van der Waals surface area contributed by atoms with Crippen molar-refractivity contribution in [3.63, 3.8) is 0 Å². The van der Waals surface area contributed by atoms with Gasteiger partial charge in [-0.1, -0.05) is 23.5 Å².